The highest BCUT2D eigenvalue weighted by molar-refractivity contribution is 6.09. The standard InChI is InChI=1S/C45H42N4O/c1-31(2)25-33-21-22-46-45(26-33)49-43-16-9-8-15-39(43)40-19-18-38(29-44(40)49)50-37-14-10-13-36(28-37)47-23-24-48(30-47)42-20-17-35(32(3)4)27-41(42)34-11-6-5-7-12-34/h5-24,26-29,31-32H,25,30H2,1-4H3. The minimum absolute atomic E-state index is 0.460. The molecule has 5 nitrogen and oxygen atoms in total. The SMILES string of the molecule is CC(C)Cc1ccnc(-n2c3ccccc3c3ccc(Oc4cccc(N5C=CN(c6ccc(C(C)C)cc6-c6ccccc6)C5)c4)cc32)c1. The maximum absolute atomic E-state index is 6.58. The van der Waals surface area contributed by atoms with Crippen LogP contribution in [0.4, 0.5) is 11.4 Å². The Balaban J connectivity index is 1.08. The Hall–Kier alpha value is -5.81. The van der Waals surface area contributed by atoms with Crippen molar-refractivity contribution in [1.29, 1.82) is 0 Å². The Morgan fingerprint density at radius 2 is 1.44 bits per heavy atom. The van der Waals surface area contributed by atoms with Crippen molar-refractivity contribution in [3.8, 4) is 28.4 Å². The second-order valence-electron chi connectivity index (χ2n) is 13.9. The Kier molecular flexibility index (Phi) is 8.33. The Morgan fingerprint density at radius 1 is 0.660 bits per heavy atom. The summed E-state index contributed by atoms with van der Waals surface area (Å²) in [5.41, 5.74) is 9.57. The number of pyridine rings is 1. The van der Waals surface area contributed by atoms with Gasteiger partial charge in [0.2, 0.25) is 0 Å². The van der Waals surface area contributed by atoms with E-state index in [4.69, 9.17) is 9.72 Å². The smallest absolute Gasteiger partial charge is 0.137 e. The van der Waals surface area contributed by atoms with E-state index in [2.05, 4.69) is 176 Å². The normalized spacial score (nSPS) is 13.0. The highest BCUT2D eigenvalue weighted by atomic mass is 16.5. The lowest BCUT2D eigenvalue weighted by Crippen LogP contribution is -2.25. The summed E-state index contributed by atoms with van der Waals surface area (Å²) in [7, 11) is 0. The van der Waals surface area contributed by atoms with Gasteiger partial charge in [-0.25, -0.2) is 4.98 Å². The van der Waals surface area contributed by atoms with Crippen molar-refractivity contribution >= 4 is 33.2 Å². The van der Waals surface area contributed by atoms with Crippen LogP contribution in [0, 0.1) is 5.92 Å². The first-order valence-corrected chi connectivity index (χ1v) is 17.6. The van der Waals surface area contributed by atoms with Crippen LogP contribution < -0.4 is 14.5 Å². The fraction of sp³-hybridized carbons (Fsp3) is 0.178. The zero-order chi connectivity index (χ0) is 34.2. The molecule has 0 saturated carbocycles. The second kappa shape index (κ2) is 13.2. The average molecular weight is 655 g/mol. The molecule has 1 aliphatic heterocycles. The summed E-state index contributed by atoms with van der Waals surface area (Å²) >= 11 is 0. The first-order valence-electron chi connectivity index (χ1n) is 17.6. The maximum atomic E-state index is 6.58. The van der Waals surface area contributed by atoms with Gasteiger partial charge < -0.3 is 14.5 Å². The van der Waals surface area contributed by atoms with Crippen molar-refractivity contribution < 1.29 is 4.74 Å². The predicted octanol–water partition coefficient (Wildman–Crippen LogP) is 11.7. The van der Waals surface area contributed by atoms with Crippen LogP contribution in [0.1, 0.15) is 44.7 Å². The average Bonchev–Trinajstić information content (AvgIpc) is 3.75. The van der Waals surface area contributed by atoms with Crippen molar-refractivity contribution in [3.63, 3.8) is 0 Å². The van der Waals surface area contributed by atoms with Crippen LogP contribution in [0.5, 0.6) is 11.5 Å². The molecule has 0 spiro atoms. The molecule has 7 aromatic rings. The van der Waals surface area contributed by atoms with Gasteiger partial charge in [0.05, 0.1) is 23.4 Å². The van der Waals surface area contributed by atoms with Crippen LogP contribution in [0.15, 0.2) is 146 Å². The quantitative estimate of drug-likeness (QED) is 0.155. The molecule has 0 bridgehead atoms. The summed E-state index contributed by atoms with van der Waals surface area (Å²) in [5, 5.41) is 2.38. The van der Waals surface area contributed by atoms with Gasteiger partial charge in [-0.1, -0.05) is 88.4 Å². The first kappa shape index (κ1) is 31.5. The summed E-state index contributed by atoms with van der Waals surface area (Å²) in [6, 6.07) is 45.1. The molecule has 0 atom stereocenters. The predicted molar refractivity (Wildman–Crippen MR) is 209 cm³/mol. The molecule has 1 aliphatic rings. The van der Waals surface area contributed by atoms with E-state index in [0.29, 0.717) is 18.5 Å². The van der Waals surface area contributed by atoms with Crippen LogP contribution in [0.3, 0.4) is 0 Å². The van der Waals surface area contributed by atoms with Gasteiger partial charge in [-0.2, -0.15) is 0 Å². The zero-order valence-electron chi connectivity index (χ0n) is 29.1. The Morgan fingerprint density at radius 3 is 2.28 bits per heavy atom. The number of ether oxygens (including phenoxy) is 1. The van der Waals surface area contributed by atoms with Gasteiger partial charge in [0.1, 0.15) is 17.3 Å². The molecule has 0 fully saturated rings. The number of anilines is 2. The highest BCUT2D eigenvalue weighted by Crippen LogP contribution is 2.38. The van der Waals surface area contributed by atoms with E-state index in [9.17, 15) is 0 Å². The van der Waals surface area contributed by atoms with Crippen LogP contribution in [0.2, 0.25) is 0 Å². The van der Waals surface area contributed by atoms with E-state index in [1.807, 2.05) is 12.3 Å². The lowest BCUT2D eigenvalue weighted by Gasteiger charge is -2.25. The number of aromatic nitrogens is 2. The number of nitrogens with zero attached hydrogens (tertiary/aromatic N) is 4. The molecule has 0 saturated heterocycles. The monoisotopic (exact) mass is 654 g/mol. The molecule has 8 rings (SSSR count). The van der Waals surface area contributed by atoms with Gasteiger partial charge in [0.25, 0.3) is 0 Å². The van der Waals surface area contributed by atoms with Crippen molar-refractivity contribution in [3.05, 3.63) is 157 Å². The molecule has 5 aromatic carbocycles. The second-order valence-corrected chi connectivity index (χ2v) is 13.9. The Bertz CT molecular complexity index is 2340. The molecule has 5 heteroatoms. The third-order valence-corrected chi connectivity index (χ3v) is 9.53. The van der Waals surface area contributed by atoms with E-state index < -0.39 is 0 Å². The van der Waals surface area contributed by atoms with Crippen LogP contribution >= 0.6 is 0 Å². The molecule has 0 unspecified atom stereocenters. The molecular weight excluding hydrogens is 613 g/mol. The largest absolute Gasteiger partial charge is 0.457 e. The van der Waals surface area contributed by atoms with Gasteiger partial charge in [0.15, 0.2) is 0 Å². The molecule has 0 radical (unpaired) electrons. The lowest BCUT2D eigenvalue weighted by molar-refractivity contribution is 0.483. The minimum atomic E-state index is 0.460. The van der Waals surface area contributed by atoms with E-state index in [1.54, 1.807) is 0 Å². The van der Waals surface area contributed by atoms with Gasteiger partial charge in [-0.05, 0) is 89.5 Å². The molecule has 0 amide bonds. The number of rotatable bonds is 9. The summed E-state index contributed by atoms with van der Waals surface area (Å²) in [6.45, 7) is 9.71. The first-order chi connectivity index (χ1) is 24.4. The van der Waals surface area contributed by atoms with E-state index in [1.165, 1.54) is 38.7 Å². The molecule has 3 heterocycles. The third kappa shape index (κ3) is 6.12. The van der Waals surface area contributed by atoms with Gasteiger partial charge in [0, 0.05) is 52.8 Å². The number of para-hydroxylation sites is 1. The van der Waals surface area contributed by atoms with Crippen LogP contribution in [-0.4, -0.2) is 16.2 Å². The fourth-order valence-electron chi connectivity index (χ4n) is 7.06. The van der Waals surface area contributed by atoms with E-state index in [-0.39, 0.29) is 0 Å². The fourth-order valence-corrected chi connectivity index (χ4v) is 7.06. The van der Waals surface area contributed by atoms with Gasteiger partial charge >= 0.3 is 0 Å². The summed E-state index contributed by atoms with van der Waals surface area (Å²) in [6.07, 6.45) is 7.26. The van der Waals surface area contributed by atoms with Crippen molar-refractivity contribution in [1.82, 2.24) is 9.55 Å². The minimum Gasteiger partial charge on any atom is -0.457 e. The van der Waals surface area contributed by atoms with Gasteiger partial charge in [-0.3, -0.25) is 4.57 Å². The molecule has 0 N–H and O–H groups in total. The highest BCUT2D eigenvalue weighted by Gasteiger charge is 2.20. The number of hydrogen-bond acceptors (Lipinski definition) is 4. The number of hydrogen-bond donors (Lipinski definition) is 0. The summed E-state index contributed by atoms with van der Waals surface area (Å²) in [5.74, 6) is 3.53. The van der Waals surface area contributed by atoms with Crippen LogP contribution in [-0.2, 0) is 6.42 Å². The maximum Gasteiger partial charge on any atom is 0.137 e. The molecule has 50 heavy (non-hydrogen) atoms. The van der Waals surface area contributed by atoms with Crippen molar-refractivity contribution in [2.45, 2.75) is 40.0 Å². The zero-order valence-corrected chi connectivity index (χ0v) is 29.1. The number of fused-ring (bicyclic) bond motifs is 3. The lowest BCUT2D eigenvalue weighted by atomic mass is 9.95. The molecule has 248 valence electrons. The molecule has 2 aromatic heterocycles. The van der Waals surface area contributed by atoms with Gasteiger partial charge in [-0.15, -0.1) is 0 Å². The topological polar surface area (TPSA) is 33.5 Å². The van der Waals surface area contributed by atoms with E-state index in [0.717, 1.165) is 40.5 Å². The van der Waals surface area contributed by atoms with Crippen molar-refractivity contribution in [2.75, 3.05) is 16.5 Å². The summed E-state index contributed by atoms with van der Waals surface area (Å²) < 4.78 is 8.84. The van der Waals surface area contributed by atoms with E-state index >= 15 is 0 Å². The van der Waals surface area contributed by atoms with Crippen molar-refractivity contribution in [2.24, 2.45) is 5.92 Å². The molecular formula is C45H42N4O. The van der Waals surface area contributed by atoms with Crippen LogP contribution in [0.25, 0.3) is 38.8 Å². The summed E-state index contributed by atoms with van der Waals surface area (Å²) in [4.78, 5) is 9.40. The Labute approximate surface area is 294 Å². The third-order valence-electron chi connectivity index (χ3n) is 9.53. The number of benzene rings is 5. The molecule has 0 aliphatic carbocycles.